The van der Waals surface area contributed by atoms with Crippen LogP contribution in [0.1, 0.15) is 24.5 Å². The van der Waals surface area contributed by atoms with Gasteiger partial charge in [0, 0.05) is 43.1 Å². The number of aliphatic hydroxyl groups is 1. The highest BCUT2D eigenvalue weighted by molar-refractivity contribution is 5.83. The Balaban J connectivity index is 1.24. The van der Waals surface area contributed by atoms with E-state index >= 15 is 0 Å². The molecule has 164 valence electrons. The Morgan fingerprint density at radius 2 is 1.94 bits per heavy atom. The molecule has 0 aliphatic carbocycles. The van der Waals surface area contributed by atoms with Gasteiger partial charge < -0.3 is 24.8 Å². The highest BCUT2D eigenvalue weighted by atomic mass is 16.5. The summed E-state index contributed by atoms with van der Waals surface area (Å²) in [7, 11) is 1.65. The van der Waals surface area contributed by atoms with E-state index in [0.717, 1.165) is 54.7 Å². The minimum absolute atomic E-state index is 0.411. The van der Waals surface area contributed by atoms with E-state index in [9.17, 15) is 5.11 Å². The maximum Gasteiger partial charge on any atom is 0.316 e. The fraction of sp³-hybridized carbons (Fsp3) is 0.435. The molecule has 31 heavy (non-hydrogen) atoms. The van der Waals surface area contributed by atoms with Crippen LogP contribution in [-0.4, -0.2) is 70.9 Å². The highest BCUT2D eigenvalue weighted by Crippen LogP contribution is 2.27. The summed E-state index contributed by atoms with van der Waals surface area (Å²) in [6, 6.07) is 10.3. The van der Waals surface area contributed by atoms with Crippen molar-refractivity contribution in [3.8, 4) is 11.8 Å². The average Bonchev–Trinajstić information content (AvgIpc) is 2.82. The maximum absolute atomic E-state index is 10.9. The van der Waals surface area contributed by atoms with Gasteiger partial charge in [-0.15, -0.1) is 0 Å². The van der Waals surface area contributed by atoms with Gasteiger partial charge in [-0.25, -0.2) is 9.97 Å². The lowest BCUT2D eigenvalue weighted by molar-refractivity contribution is 0.0945. The number of hydrogen-bond acceptors (Lipinski definition) is 8. The molecule has 0 spiro atoms. The van der Waals surface area contributed by atoms with Crippen molar-refractivity contribution in [3.05, 3.63) is 54.5 Å². The molecule has 1 atom stereocenters. The van der Waals surface area contributed by atoms with Gasteiger partial charge in [0.1, 0.15) is 12.4 Å². The van der Waals surface area contributed by atoms with Gasteiger partial charge in [-0.1, -0.05) is 0 Å². The van der Waals surface area contributed by atoms with Gasteiger partial charge in [-0.3, -0.25) is 4.98 Å². The van der Waals surface area contributed by atoms with Gasteiger partial charge in [0.25, 0.3) is 0 Å². The number of piperidine rings is 1. The minimum Gasteiger partial charge on any atom is -0.497 e. The van der Waals surface area contributed by atoms with Crippen molar-refractivity contribution in [2.45, 2.75) is 25.0 Å². The minimum atomic E-state index is -0.568. The van der Waals surface area contributed by atoms with E-state index in [2.05, 4.69) is 25.2 Å². The summed E-state index contributed by atoms with van der Waals surface area (Å²) in [6.07, 6.45) is 6.61. The van der Waals surface area contributed by atoms with E-state index in [1.54, 1.807) is 31.8 Å². The summed E-state index contributed by atoms with van der Waals surface area (Å²) in [5.41, 5.74) is 1.76. The van der Waals surface area contributed by atoms with Crippen LogP contribution in [0.4, 0.5) is 0 Å². The van der Waals surface area contributed by atoms with Crippen LogP contribution in [0.5, 0.6) is 11.8 Å². The average molecular weight is 424 g/mol. The van der Waals surface area contributed by atoms with Crippen LogP contribution in [0.2, 0.25) is 0 Å². The molecule has 1 aliphatic rings. The van der Waals surface area contributed by atoms with E-state index in [1.807, 2.05) is 24.3 Å². The lowest BCUT2D eigenvalue weighted by Crippen LogP contribution is -2.44. The number of aliphatic hydroxyl groups excluding tert-OH is 1. The highest BCUT2D eigenvalue weighted by Gasteiger charge is 2.22. The first-order valence-corrected chi connectivity index (χ1v) is 10.7. The molecule has 1 saturated heterocycles. The molecular formula is C23H29N5O3. The number of nitrogens with zero attached hydrogens (tertiary/aromatic N) is 4. The van der Waals surface area contributed by atoms with Crippen molar-refractivity contribution in [2.75, 3.05) is 39.9 Å². The van der Waals surface area contributed by atoms with Gasteiger partial charge >= 0.3 is 6.01 Å². The summed E-state index contributed by atoms with van der Waals surface area (Å²) < 4.78 is 10.9. The van der Waals surface area contributed by atoms with Crippen LogP contribution in [-0.2, 0) is 0 Å². The number of methoxy groups -OCH3 is 1. The van der Waals surface area contributed by atoms with Crippen LogP contribution in [0, 0.1) is 0 Å². The third kappa shape index (κ3) is 5.66. The van der Waals surface area contributed by atoms with E-state index < -0.39 is 6.10 Å². The molecule has 8 heteroatoms. The molecular weight excluding hydrogens is 394 g/mol. The van der Waals surface area contributed by atoms with E-state index in [0.29, 0.717) is 25.2 Å². The summed E-state index contributed by atoms with van der Waals surface area (Å²) in [6.45, 7) is 3.81. The number of likely N-dealkylation sites (tertiary alicyclic amines) is 1. The Bertz CT molecular complexity index is 964. The zero-order valence-corrected chi connectivity index (χ0v) is 17.8. The molecule has 8 nitrogen and oxygen atoms in total. The zero-order chi connectivity index (χ0) is 21.5. The Morgan fingerprint density at radius 3 is 2.71 bits per heavy atom. The predicted molar refractivity (Wildman–Crippen MR) is 118 cm³/mol. The van der Waals surface area contributed by atoms with Gasteiger partial charge in [0.2, 0.25) is 0 Å². The molecule has 3 aromatic rings. The number of β-amino-alcohol motifs (C(OH)–C–C–N with tert-alkyl or cyclic N) is 1. The number of ether oxygens (including phenoxy) is 2. The molecule has 0 radical (unpaired) electrons. The molecule has 2 aromatic heterocycles. The standard InChI is InChI=1S/C23H29N5O3/c1-30-18-3-4-21-20(15-18)19(5-10-25-21)22(29)16-28-12-6-17(7-13-28)24-11-14-31-23-26-8-2-9-27-23/h2-5,8-10,15,17,22,24,29H,6-7,11-14,16H2,1H3/t22-/m0/s1. The summed E-state index contributed by atoms with van der Waals surface area (Å²) in [4.78, 5) is 14.8. The van der Waals surface area contributed by atoms with E-state index in [1.165, 1.54) is 0 Å². The van der Waals surface area contributed by atoms with Crippen molar-refractivity contribution in [1.82, 2.24) is 25.2 Å². The second-order valence-corrected chi connectivity index (χ2v) is 7.71. The van der Waals surface area contributed by atoms with Gasteiger partial charge in [-0.2, -0.15) is 0 Å². The number of nitrogens with one attached hydrogen (secondary N) is 1. The Kier molecular flexibility index (Phi) is 7.24. The molecule has 1 aromatic carbocycles. The molecule has 0 bridgehead atoms. The lowest BCUT2D eigenvalue weighted by Gasteiger charge is -2.33. The van der Waals surface area contributed by atoms with E-state index in [4.69, 9.17) is 9.47 Å². The SMILES string of the molecule is COc1ccc2nccc([C@@H](O)CN3CCC(NCCOc4ncccn4)CC3)c2c1. The van der Waals surface area contributed by atoms with Crippen LogP contribution in [0.25, 0.3) is 10.9 Å². The second kappa shape index (κ2) is 10.5. The Morgan fingerprint density at radius 1 is 1.13 bits per heavy atom. The summed E-state index contributed by atoms with van der Waals surface area (Å²) in [5, 5.41) is 15.4. The summed E-state index contributed by atoms with van der Waals surface area (Å²) >= 11 is 0. The monoisotopic (exact) mass is 423 g/mol. The lowest BCUT2D eigenvalue weighted by atomic mass is 10.0. The van der Waals surface area contributed by atoms with Gasteiger partial charge in [-0.05, 0) is 61.8 Å². The Hall–Kier alpha value is -2.81. The number of rotatable bonds is 9. The van der Waals surface area contributed by atoms with Crippen molar-refractivity contribution >= 4 is 10.9 Å². The van der Waals surface area contributed by atoms with Gasteiger partial charge in [0.05, 0.1) is 18.7 Å². The molecule has 3 heterocycles. The zero-order valence-electron chi connectivity index (χ0n) is 17.8. The van der Waals surface area contributed by atoms with Crippen molar-refractivity contribution in [1.29, 1.82) is 0 Å². The Labute approximate surface area is 182 Å². The second-order valence-electron chi connectivity index (χ2n) is 7.71. The molecule has 0 saturated carbocycles. The third-order valence-electron chi connectivity index (χ3n) is 5.67. The quantitative estimate of drug-likeness (QED) is 0.506. The smallest absolute Gasteiger partial charge is 0.316 e. The molecule has 1 aliphatic heterocycles. The number of hydrogen-bond donors (Lipinski definition) is 2. The first-order valence-electron chi connectivity index (χ1n) is 10.7. The first-order chi connectivity index (χ1) is 15.2. The molecule has 4 rings (SSSR count). The van der Waals surface area contributed by atoms with Crippen LogP contribution < -0.4 is 14.8 Å². The van der Waals surface area contributed by atoms with Crippen molar-refractivity contribution in [3.63, 3.8) is 0 Å². The fourth-order valence-corrected chi connectivity index (χ4v) is 3.99. The topological polar surface area (TPSA) is 92.6 Å². The van der Waals surface area contributed by atoms with Crippen molar-refractivity contribution in [2.24, 2.45) is 0 Å². The van der Waals surface area contributed by atoms with Crippen LogP contribution >= 0.6 is 0 Å². The third-order valence-corrected chi connectivity index (χ3v) is 5.67. The van der Waals surface area contributed by atoms with Crippen LogP contribution in [0.15, 0.2) is 48.9 Å². The maximum atomic E-state index is 10.9. The number of pyridine rings is 1. The molecule has 2 N–H and O–H groups in total. The number of aromatic nitrogens is 3. The molecule has 0 unspecified atom stereocenters. The van der Waals surface area contributed by atoms with E-state index in [-0.39, 0.29) is 0 Å². The van der Waals surface area contributed by atoms with Gasteiger partial charge in [0.15, 0.2) is 0 Å². The normalized spacial score (nSPS) is 16.3. The summed E-state index contributed by atoms with van der Waals surface area (Å²) in [5.74, 6) is 0.767. The van der Waals surface area contributed by atoms with Crippen LogP contribution in [0.3, 0.4) is 0 Å². The predicted octanol–water partition coefficient (Wildman–Crippen LogP) is 2.20. The van der Waals surface area contributed by atoms with Crippen molar-refractivity contribution < 1.29 is 14.6 Å². The largest absolute Gasteiger partial charge is 0.497 e. The fourth-order valence-electron chi connectivity index (χ4n) is 3.99. The number of fused-ring (bicyclic) bond motifs is 1. The number of benzene rings is 1. The molecule has 1 fully saturated rings. The first kappa shape index (κ1) is 21.4. The molecule has 0 amide bonds.